The average molecular weight is 235 g/mol. The van der Waals surface area contributed by atoms with E-state index in [9.17, 15) is 4.79 Å². The summed E-state index contributed by atoms with van der Waals surface area (Å²) in [5, 5.41) is 7.15. The van der Waals surface area contributed by atoms with Crippen LogP contribution in [0.4, 0.5) is 0 Å². The molecular formula is C12H17N3O2. The van der Waals surface area contributed by atoms with Crippen molar-refractivity contribution in [2.45, 2.75) is 12.8 Å². The van der Waals surface area contributed by atoms with Crippen molar-refractivity contribution in [3.05, 3.63) is 18.0 Å². The molecule has 0 unspecified atom stereocenters. The topological polar surface area (TPSA) is 58.4 Å². The number of hydrogen-bond donors (Lipinski definition) is 1. The maximum absolute atomic E-state index is 12.1. The molecule has 92 valence electrons. The lowest BCUT2D eigenvalue weighted by atomic mass is 9.92. The van der Waals surface area contributed by atoms with Crippen molar-refractivity contribution in [1.29, 1.82) is 0 Å². The third-order valence-electron chi connectivity index (χ3n) is 3.96. The van der Waals surface area contributed by atoms with E-state index in [0.717, 1.165) is 50.9 Å². The SMILES string of the molecule is O=C(c1ccon1)N1CC[C@@H]2CNC[C@@H]2CC1. The zero-order valence-electron chi connectivity index (χ0n) is 9.76. The quantitative estimate of drug-likeness (QED) is 0.780. The molecule has 3 heterocycles. The van der Waals surface area contributed by atoms with E-state index in [1.54, 1.807) is 6.07 Å². The Hall–Kier alpha value is -1.36. The fraction of sp³-hybridized carbons (Fsp3) is 0.667. The van der Waals surface area contributed by atoms with E-state index in [4.69, 9.17) is 4.52 Å². The summed E-state index contributed by atoms with van der Waals surface area (Å²) >= 11 is 0. The second-order valence-corrected chi connectivity index (χ2v) is 4.93. The highest BCUT2D eigenvalue weighted by atomic mass is 16.5. The minimum Gasteiger partial charge on any atom is -0.364 e. The number of likely N-dealkylation sites (tertiary alicyclic amines) is 1. The lowest BCUT2D eigenvalue weighted by Gasteiger charge is -2.19. The molecule has 0 bridgehead atoms. The number of nitrogens with zero attached hydrogens (tertiary/aromatic N) is 2. The summed E-state index contributed by atoms with van der Waals surface area (Å²) in [5.41, 5.74) is 0.426. The molecule has 1 N–H and O–H groups in total. The Morgan fingerprint density at radius 1 is 1.35 bits per heavy atom. The Kier molecular flexibility index (Phi) is 2.84. The Morgan fingerprint density at radius 3 is 2.65 bits per heavy atom. The van der Waals surface area contributed by atoms with Gasteiger partial charge in [-0.2, -0.15) is 0 Å². The van der Waals surface area contributed by atoms with E-state index in [2.05, 4.69) is 10.5 Å². The standard InChI is InChI=1S/C12H17N3O2/c16-12(11-3-6-17-14-11)15-4-1-9-7-13-8-10(9)2-5-15/h3,6,9-10,13H,1-2,4-5,7-8H2/t9-,10+. The summed E-state index contributed by atoms with van der Waals surface area (Å²) in [6.45, 7) is 3.90. The van der Waals surface area contributed by atoms with Crippen LogP contribution in [0.2, 0.25) is 0 Å². The molecule has 0 radical (unpaired) electrons. The zero-order chi connectivity index (χ0) is 11.7. The van der Waals surface area contributed by atoms with Crippen molar-refractivity contribution < 1.29 is 9.32 Å². The molecule has 3 rings (SSSR count). The molecule has 1 aromatic rings. The minimum atomic E-state index is 0.00619. The number of amides is 1. The van der Waals surface area contributed by atoms with Crippen LogP contribution < -0.4 is 5.32 Å². The van der Waals surface area contributed by atoms with Gasteiger partial charge in [0, 0.05) is 19.2 Å². The van der Waals surface area contributed by atoms with Crippen LogP contribution in [-0.2, 0) is 0 Å². The second-order valence-electron chi connectivity index (χ2n) is 4.93. The van der Waals surface area contributed by atoms with Crippen LogP contribution in [0, 0.1) is 11.8 Å². The van der Waals surface area contributed by atoms with Crippen molar-refractivity contribution in [3.63, 3.8) is 0 Å². The van der Waals surface area contributed by atoms with Gasteiger partial charge >= 0.3 is 0 Å². The van der Waals surface area contributed by atoms with Crippen molar-refractivity contribution in [2.75, 3.05) is 26.2 Å². The van der Waals surface area contributed by atoms with Gasteiger partial charge < -0.3 is 14.7 Å². The number of carbonyl (C=O) groups excluding carboxylic acids is 1. The number of carbonyl (C=O) groups is 1. The van der Waals surface area contributed by atoms with Crippen LogP contribution in [0.15, 0.2) is 16.9 Å². The first-order valence-electron chi connectivity index (χ1n) is 6.25. The number of fused-ring (bicyclic) bond motifs is 1. The van der Waals surface area contributed by atoms with Crippen LogP contribution in [0.25, 0.3) is 0 Å². The predicted molar refractivity (Wildman–Crippen MR) is 61.5 cm³/mol. The Balaban J connectivity index is 1.67. The van der Waals surface area contributed by atoms with Crippen LogP contribution in [-0.4, -0.2) is 42.1 Å². The maximum atomic E-state index is 12.1. The van der Waals surface area contributed by atoms with Crippen molar-refractivity contribution in [1.82, 2.24) is 15.4 Å². The summed E-state index contributed by atoms with van der Waals surface area (Å²) in [7, 11) is 0. The summed E-state index contributed by atoms with van der Waals surface area (Å²) in [5.74, 6) is 1.49. The molecular weight excluding hydrogens is 218 g/mol. The molecule has 17 heavy (non-hydrogen) atoms. The molecule has 0 saturated carbocycles. The van der Waals surface area contributed by atoms with E-state index in [1.165, 1.54) is 6.26 Å². The summed E-state index contributed by atoms with van der Waals surface area (Å²) in [6.07, 6.45) is 3.65. The summed E-state index contributed by atoms with van der Waals surface area (Å²) in [4.78, 5) is 14.0. The zero-order valence-corrected chi connectivity index (χ0v) is 9.76. The molecule has 5 nitrogen and oxygen atoms in total. The third-order valence-corrected chi connectivity index (χ3v) is 3.96. The largest absolute Gasteiger partial charge is 0.364 e. The van der Waals surface area contributed by atoms with Gasteiger partial charge in [0.05, 0.1) is 0 Å². The van der Waals surface area contributed by atoms with Gasteiger partial charge in [-0.15, -0.1) is 0 Å². The van der Waals surface area contributed by atoms with Crippen LogP contribution in [0.1, 0.15) is 23.3 Å². The van der Waals surface area contributed by atoms with Crippen LogP contribution >= 0.6 is 0 Å². The van der Waals surface area contributed by atoms with Gasteiger partial charge in [0.25, 0.3) is 5.91 Å². The molecule has 0 spiro atoms. The molecule has 2 aliphatic rings. The van der Waals surface area contributed by atoms with Gasteiger partial charge in [0.2, 0.25) is 0 Å². The summed E-state index contributed by atoms with van der Waals surface area (Å²) in [6, 6.07) is 1.63. The third kappa shape index (κ3) is 2.07. The van der Waals surface area contributed by atoms with Crippen LogP contribution in [0.5, 0.6) is 0 Å². The number of nitrogens with one attached hydrogen (secondary N) is 1. The van der Waals surface area contributed by atoms with Crippen molar-refractivity contribution in [3.8, 4) is 0 Å². The van der Waals surface area contributed by atoms with Gasteiger partial charge in [-0.1, -0.05) is 5.16 Å². The fourth-order valence-electron chi connectivity index (χ4n) is 2.91. The summed E-state index contributed by atoms with van der Waals surface area (Å²) < 4.78 is 4.72. The first-order chi connectivity index (χ1) is 8.34. The lowest BCUT2D eigenvalue weighted by molar-refractivity contribution is 0.0748. The lowest BCUT2D eigenvalue weighted by Crippen LogP contribution is -2.32. The Labute approximate surface area is 100 Å². The van der Waals surface area contributed by atoms with Crippen molar-refractivity contribution in [2.24, 2.45) is 11.8 Å². The smallest absolute Gasteiger partial charge is 0.276 e. The highest BCUT2D eigenvalue weighted by Gasteiger charge is 2.32. The van der Waals surface area contributed by atoms with E-state index < -0.39 is 0 Å². The predicted octanol–water partition coefficient (Wildman–Crippen LogP) is 0.746. The van der Waals surface area contributed by atoms with Gasteiger partial charge in [0.1, 0.15) is 6.26 Å². The number of rotatable bonds is 1. The fourth-order valence-corrected chi connectivity index (χ4v) is 2.91. The van der Waals surface area contributed by atoms with E-state index in [0.29, 0.717) is 5.69 Å². The first-order valence-corrected chi connectivity index (χ1v) is 6.25. The van der Waals surface area contributed by atoms with Crippen LogP contribution in [0.3, 0.4) is 0 Å². The Bertz CT molecular complexity index is 376. The van der Waals surface area contributed by atoms with Gasteiger partial charge in [0.15, 0.2) is 5.69 Å². The molecule has 5 heteroatoms. The Morgan fingerprint density at radius 2 is 2.06 bits per heavy atom. The van der Waals surface area contributed by atoms with Gasteiger partial charge in [-0.25, -0.2) is 0 Å². The minimum absolute atomic E-state index is 0.00619. The monoisotopic (exact) mass is 235 g/mol. The average Bonchev–Trinajstić information content (AvgIpc) is 2.97. The molecule has 2 fully saturated rings. The maximum Gasteiger partial charge on any atom is 0.276 e. The molecule has 1 aromatic heterocycles. The van der Waals surface area contributed by atoms with Crippen molar-refractivity contribution >= 4 is 5.91 Å². The van der Waals surface area contributed by atoms with Gasteiger partial charge in [-0.3, -0.25) is 4.79 Å². The molecule has 2 saturated heterocycles. The normalized spacial score (nSPS) is 28.8. The number of hydrogen-bond acceptors (Lipinski definition) is 4. The highest BCUT2D eigenvalue weighted by molar-refractivity contribution is 5.92. The molecule has 0 aliphatic carbocycles. The molecule has 2 aliphatic heterocycles. The first kappa shape index (κ1) is 10.8. The van der Waals surface area contributed by atoms with E-state index >= 15 is 0 Å². The highest BCUT2D eigenvalue weighted by Crippen LogP contribution is 2.27. The second kappa shape index (κ2) is 4.49. The number of aromatic nitrogens is 1. The molecule has 2 atom stereocenters. The molecule has 0 aromatic carbocycles. The molecule has 1 amide bonds. The van der Waals surface area contributed by atoms with E-state index in [-0.39, 0.29) is 5.91 Å². The van der Waals surface area contributed by atoms with E-state index in [1.807, 2.05) is 4.90 Å². The van der Waals surface area contributed by atoms with Gasteiger partial charge in [-0.05, 0) is 37.8 Å².